The van der Waals surface area contributed by atoms with E-state index >= 15 is 0 Å². The fraction of sp³-hybridized carbons (Fsp3) is 0.308. The topological polar surface area (TPSA) is 104 Å². The quantitative estimate of drug-likeness (QED) is 0.729. The summed E-state index contributed by atoms with van der Waals surface area (Å²) in [5.74, 6) is 0.531. The van der Waals surface area contributed by atoms with Gasteiger partial charge >= 0.3 is 0 Å². The van der Waals surface area contributed by atoms with Crippen molar-refractivity contribution in [2.45, 2.75) is 5.79 Å². The van der Waals surface area contributed by atoms with Gasteiger partial charge in [0.2, 0.25) is 11.5 Å². The lowest BCUT2D eigenvalue weighted by atomic mass is 10.0. The van der Waals surface area contributed by atoms with E-state index in [1.54, 1.807) is 31.5 Å². The van der Waals surface area contributed by atoms with Crippen LogP contribution in [0.15, 0.2) is 29.4 Å². The highest BCUT2D eigenvalue weighted by Gasteiger charge is 2.33. The Balaban J connectivity index is 2.60. The maximum Gasteiger partial charge on any atom is 0.214 e. The van der Waals surface area contributed by atoms with Gasteiger partial charge in [-0.3, -0.25) is 5.73 Å². The largest absolute Gasteiger partial charge is 0.493 e. The highest BCUT2D eigenvalue weighted by molar-refractivity contribution is 5.92. The molecule has 20 heavy (non-hydrogen) atoms. The normalized spacial score (nSPS) is 20.9. The van der Waals surface area contributed by atoms with Crippen LogP contribution in [0.5, 0.6) is 17.2 Å². The number of nitrogens with two attached hydrogens (primary N) is 2. The maximum atomic E-state index is 6.26. The average molecular weight is 278 g/mol. The number of hydrogen-bond acceptors (Lipinski definition) is 7. The standard InChI is InChI=1S/C13H18N4O3/c1-18-9-5-4-8(11(19-2)12(9)20-3)13(15)16-7-6-10(14)17-13/h4-7,16H,15H2,1-3H3,(H2,14,17). The summed E-state index contributed by atoms with van der Waals surface area (Å²) in [7, 11) is 4.60. The van der Waals surface area contributed by atoms with Crippen LogP contribution in [-0.2, 0) is 5.79 Å². The van der Waals surface area contributed by atoms with Gasteiger partial charge in [-0.25, -0.2) is 4.99 Å². The van der Waals surface area contributed by atoms with E-state index in [0.717, 1.165) is 0 Å². The number of nitrogens with zero attached hydrogens (tertiary/aromatic N) is 1. The van der Waals surface area contributed by atoms with E-state index < -0.39 is 5.79 Å². The number of methoxy groups -OCH3 is 3. The molecule has 0 amide bonds. The third kappa shape index (κ3) is 2.23. The fourth-order valence-corrected chi connectivity index (χ4v) is 2.07. The molecule has 1 heterocycles. The molecule has 0 fully saturated rings. The Hall–Kier alpha value is -2.41. The minimum Gasteiger partial charge on any atom is -0.493 e. The van der Waals surface area contributed by atoms with Crippen molar-refractivity contribution in [1.82, 2.24) is 5.32 Å². The fourth-order valence-electron chi connectivity index (χ4n) is 2.07. The Morgan fingerprint density at radius 3 is 2.35 bits per heavy atom. The third-order valence-electron chi connectivity index (χ3n) is 2.98. The van der Waals surface area contributed by atoms with Gasteiger partial charge < -0.3 is 25.3 Å². The Labute approximate surface area is 117 Å². The van der Waals surface area contributed by atoms with Gasteiger partial charge in [0, 0.05) is 6.20 Å². The van der Waals surface area contributed by atoms with Crippen molar-refractivity contribution in [3.63, 3.8) is 0 Å². The Morgan fingerprint density at radius 1 is 1.10 bits per heavy atom. The summed E-state index contributed by atoms with van der Waals surface area (Å²) in [5.41, 5.74) is 12.6. The van der Waals surface area contributed by atoms with E-state index in [1.165, 1.54) is 14.2 Å². The van der Waals surface area contributed by atoms with E-state index in [-0.39, 0.29) is 0 Å². The van der Waals surface area contributed by atoms with Gasteiger partial charge in [0.25, 0.3) is 0 Å². The van der Waals surface area contributed by atoms with Crippen LogP contribution in [-0.4, -0.2) is 27.2 Å². The molecule has 108 valence electrons. The number of aliphatic imine (C=N–C) groups is 1. The molecule has 0 bridgehead atoms. The molecule has 0 aromatic heterocycles. The zero-order valence-electron chi connectivity index (χ0n) is 11.6. The summed E-state index contributed by atoms with van der Waals surface area (Å²) < 4.78 is 16.0. The average Bonchev–Trinajstić information content (AvgIpc) is 2.45. The summed E-state index contributed by atoms with van der Waals surface area (Å²) in [4.78, 5) is 4.22. The highest BCUT2D eigenvalue weighted by atomic mass is 16.5. The van der Waals surface area contributed by atoms with Crippen LogP contribution < -0.4 is 31.0 Å². The molecule has 1 unspecified atom stereocenters. The highest BCUT2D eigenvalue weighted by Crippen LogP contribution is 2.43. The Kier molecular flexibility index (Phi) is 3.71. The van der Waals surface area contributed by atoms with Gasteiger partial charge in [0.15, 0.2) is 11.5 Å². The summed E-state index contributed by atoms with van der Waals surface area (Å²) in [5, 5.41) is 2.96. The summed E-state index contributed by atoms with van der Waals surface area (Å²) >= 11 is 0. The second kappa shape index (κ2) is 5.30. The molecule has 5 N–H and O–H groups in total. The number of amidine groups is 1. The number of rotatable bonds is 4. The molecule has 7 nitrogen and oxygen atoms in total. The molecule has 1 aliphatic rings. The Bertz CT molecular complexity index is 571. The van der Waals surface area contributed by atoms with Gasteiger partial charge in [0.1, 0.15) is 5.84 Å². The molecule has 0 radical (unpaired) electrons. The monoisotopic (exact) mass is 278 g/mol. The zero-order chi connectivity index (χ0) is 14.8. The minimum absolute atomic E-state index is 0.322. The zero-order valence-corrected chi connectivity index (χ0v) is 11.6. The number of hydrogen-bond donors (Lipinski definition) is 3. The molecule has 0 spiro atoms. The smallest absolute Gasteiger partial charge is 0.214 e. The first-order valence-corrected chi connectivity index (χ1v) is 5.93. The van der Waals surface area contributed by atoms with E-state index in [1.807, 2.05) is 0 Å². The van der Waals surface area contributed by atoms with E-state index in [9.17, 15) is 0 Å². The summed E-state index contributed by atoms with van der Waals surface area (Å²) in [6.45, 7) is 0. The lowest BCUT2D eigenvalue weighted by molar-refractivity contribution is 0.309. The first-order valence-electron chi connectivity index (χ1n) is 5.93. The number of ether oxygens (including phenoxy) is 3. The van der Waals surface area contributed by atoms with Gasteiger partial charge in [0.05, 0.1) is 26.9 Å². The van der Waals surface area contributed by atoms with Crippen molar-refractivity contribution in [3.8, 4) is 17.2 Å². The molecule has 1 aromatic rings. The van der Waals surface area contributed by atoms with Gasteiger partial charge in [-0.05, 0) is 18.2 Å². The van der Waals surface area contributed by atoms with Crippen LogP contribution in [0.25, 0.3) is 0 Å². The van der Waals surface area contributed by atoms with Crippen molar-refractivity contribution < 1.29 is 14.2 Å². The molecule has 7 heteroatoms. The van der Waals surface area contributed by atoms with Gasteiger partial charge in [-0.2, -0.15) is 0 Å². The maximum absolute atomic E-state index is 6.26. The van der Waals surface area contributed by atoms with Crippen molar-refractivity contribution in [2.75, 3.05) is 21.3 Å². The molecule has 1 atom stereocenters. The molecular weight excluding hydrogens is 260 g/mol. The number of benzene rings is 1. The van der Waals surface area contributed by atoms with Crippen LogP contribution in [0.2, 0.25) is 0 Å². The van der Waals surface area contributed by atoms with E-state index in [2.05, 4.69) is 10.3 Å². The first kappa shape index (κ1) is 14.0. The Morgan fingerprint density at radius 2 is 1.80 bits per heavy atom. The van der Waals surface area contributed by atoms with Gasteiger partial charge in [-0.15, -0.1) is 0 Å². The summed E-state index contributed by atoms with van der Waals surface area (Å²) in [6, 6.07) is 3.49. The van der Waals surface area contributed by atoms with Crippen LogP contribution in [0.1, 0.15) is 5.56 Å². The van der Waals surface area contributed by atoms with E-state index in [0.29, 0.717) is 28.6 Å². The molecule has 1 aromatic carbocycles. The SMILES string of the molecule is COc1ccc(C2(N)N=C(N)C=CN2)c(OC)c1OC. The molecule has 0 saturated carbocycles. The molecule has 1 aliphatic heterocycles. The van der Waals surface area contributed by atoms with Crippen molar-refractivity contribution >= 4 is 5.84 Å². The molecule has 0 aliphatic carbocycles. The lowest BCUT2D eigenvalue weighted by Gasteiger charge is -2.30. The van der Waals surface area contributed by atoms with Crippen LogP contribution in [0.4, 0.5) is 0 Å². The second-order valence-corrected chi connectivity index (χ2v) is 4.16. The number of nitrogens with one attached hydrogen (secondary N) is 1. The van der Waals surface area contributed by atoms with E-state index in [4.69, 9.17) is 25.7 Å². The lowest BCUT2D eigenvalue weighted by Crippen LogP contribution is -2.49. The van der Waals surface area contributed by atoms with Crippen molar-refractivity contribution in [2.24, 2.45) is 16.5 Å². The predicted molar refractivity (Wildman–Crippen MR) is 75.9 cm³/mol. The third-order valence-corrected chi connectivity index (χ3v) is 2.98. The van der Waals surface area contributed by atoms with Crippen LogP contribution in [0.3, 0.4) is 0 Å². The van der Waals surface area contributed by atoms with Crippen LogP contribution in [0, 0.1) is 0 Å². The molecule has 2 rings (SSSR count). The first-order chi connectivity index (χ1) is 9.55. The minimum atomic E-state index is -1.22. The van der Waals surface area contributed by atoms with Gasteiger partial charge in [-0.1, -0.05) is 0 Å². The summed E-state index contributed by atoms with van der Waals surface area (Å²) in [6.07, 6.45) is 3.26. The van der Waals surface area contributed by atoms with Crippen LogP contribution >= 0.6 is 0 Å². The van der Waals surface area contributed by atoms with Crippen molar-refractivity contribution in [1.29, 1.82) is 0 Å². The molecular formula is C13H18N4O3. The predicted octanol–water partition coefficient (Wildman–Crippen LogP) is 0.256. The second-order valence-electron chi connectivity index (χ2n) is 4.16. The van der Waals surface area contributed by atoms with Crippen molar-refractivity contribution in [3.05, 3.63) is 30.0 Å². The molecule has 0 saturated heterocycles.